The van der Waals surface area contributed by atoms with Crippen LogP contribution in [-0.2, 0) is 0 Å². The molecule has 1 amide bonds. The maximum absolute atomic E-state index is 12.6. The van der Waals surface area contributed by atoms with E-state index in [1.807, 2.05) is 13.3 Å². The van der Waals surface area contributed by atoms with Crippen LogP contribution < -0.4 is 5.73 Å². The van der Waals surface area contributed by atoms with Crippen molar-refractivity contribution in [3.05, 3.63) is 17.3 Å². The minimum absolute atomic E-state index is 0.0480. The number of thiophene rings is 1. The molecule has 0 aliphatic rings. The van der Waals surface area contributed by atoms with Gasteiger partial charge >= 0.3 is 0 Å². The minimum Gasteiger partial charge on any atom is -0.396 e. The predicted octanol–water partition coefficient (Wildman–Crippen LogP) is 2.49. The van der Waals surface area contributed by atoms with Crippen molar-refractivity contribution in [3.63, 3.8) is 0 Å². The van der Waals surface area contributed by atoms with Gasteiger partial charge in [0, 0.05) is 31.2 Å². The van der Waals surface area contributed by atoms with E-state index in [1.54, 1.807) is 29.1 Å². The fourth-order valence-corrected chi connectivity index (χ4v) is 3.87. The SMILES string of the molecule is CCC(CSC)N(C)C(=O)c1sc2nccnc2c1N. The summed E-state index contributed by atoms with van der Waals surface area (Å²) in [5, 5.41) is 0. The first kappa shape index (κ1) is 15.1. The number of nitrogens with zero attached hydrogens (tertiary/aromatic N) is 3. The van der Waals surface area contributed by atoms with E-state index in [1.165, 1.54) is 11.3 Å². The van der Waals surface area contributed by atoms with Gasteiger partial charge in [-0.2, -0.15) is 11.8 Å². The first-order valence-corrected chi connectivity index (χ1v) is 8.56. The first-order chi connectivity index (χ1) is 9.60. The Balaban J connectivity index is 2.33. The van der Waals surface area contributed by atoms with Gasteiger partial charge in [-0.3, -0.25) is 4.79 Å². The van der Waals surface area contributed by atoms with Crippen molar-refractivity contribution < 1.29 is 4.79 Å². The van der Waals surface area contributed by atoms with Gasteiger partial charge in [0.15, 0.2) is 0 Å². The average molecular weight is 310 g/mol. The molecular formula is C13H18N4OS2. The smallest absolute Gasteiger partial charge is 0.266 e. The number of nitrogen functional groups attached to an aromatic ring is 1. The highest BCUT2D eigenvalue weighted by atomic mass is 32.2. The van der Waals surface area contributed by atoms with Crippen LogP contribution in [-0.4, -0.2) is 45.9 Å². The van der Waals surface area contributed by atoms with Crippen molar-refractivity contribution in [3.8, 4) is 0 Å². The molecule has 20 heavy (non-hydrogen) atoms. The Hall–Kier alpha value is -1.34. The molecule has 0 aromatic carbocycles. The van der Waals surface area contributed by atoms with E-state index in [0.717, 1.165) is 12.2 Å². The third-order valence-corrected chi connectivity index (χ3v) is 5.06. The van der Waals surface area contributed by atoms with E-state index in [9.17, 15) is 4.79 Å². The lowest BCUT2D eigenvalue weighted by molar-refractivity contribution is 0.0749. The number of anilines is 1. The van der Waals surface area contributed by atoms with Crippen LogP contribution in [0.15, 0.2) is 12.4 Å². The molecule has 1 atom stereocenters. The lowest BCUT2D eigenvalue weighted by atomic mass is 10.2. The van der Waals surface area contributed by atoms with Gasteiger partial charge in [0.05, 0.1) is 5.69 Å². The molecule has 5 nitrogen and oxygen atoms in total. The van der Waals surface area contributed by atoms with Crippen LogP contribution in [0, 0.1) is 0 Å². The topological polar surface area (TPSA) is 72.1 Å². The molecule has 0 saturated carbocycles. The Bertz CT molecular complexity index is 613. The van der Waals surface area contributed by atoms with Gasteiger partial charge in [-0.1, -0.05) is 6.92 Å². The molecule has 2 heterocycles. The number of hydrogen-bond donors (Lipinski definition) is 1. The number of aromatic nitrogens is 2. The fraction of sp³-hybridized carbons (Fsp3) is 0.462. The molecule has 0 bridgehead atoms. The maximum atomic E-state index is 12.6. The second-order valence-electron chi connectivity index (χ2n) is 4.49. The summed E-state index contributed by atoms with van der Waals surface area (Å²) in [6.45, 7) is 2.09. The lowest BCUT2D eigenvalue weighted by Gasteiger charge is -2.26. The van der Waals surface area contributed by atoms with Crippen molar-refractivity contribution in [2.24, 2.45) is 0 Å². The van der Waals surface area contributed by atoms with Crippen LogP contribution >= 0.6 is 23.1 Å². The van der Waals surface area contributed by atoms with E-state index in [0.29, 0.717) is 20.9 Å². The highest BCUT2D eigenvalue weighted by Crippen LogP contribution is 2.31. The summed E-state index contributed by atoms with van der Waals surface area (Å²) in [5.41, 5.74) is 7.11. The number of hydrogen-bond acceptors (Lipinski definition) is 6. The van der Waals surface area contributed by atoms with Crippen molar-refractivity contribution in [2.75, 3.05) is 24.8 Å². The number of thioether (sulfide) groups is 1. The Morgan fingerprint density at radius 2 is 2.20 bits per heavy atom. The monoisotopic (exact) mass is 310 g/mol. The van der Waals surface area contributed by atoms with Gasteiger partial charge in [-0.15, -0.1) is 11.3 Å². The van der Waals surface area contributed by atoms with Crippen molar-refractivity contribution >= 4 is 45.0 Å². The van der Waals surface area contributed by atoms with Crippen molar-refractivity contribution in [1.82, 2.24) is 14.9 Å². The van der Waals surface area contributed by atoms with Crippen LogP contribution in [0.5, 0.6) is 0 Å². The summed E-state index contributed by atoms with van der Waals surface area (Å²) in [4.78, 5) is 24.0. The van der Waals surface area contributed by atoms with Gasteiger partial charge in [0.2, 0.25) is 0 Å². The quantitative estimate of drug-likeness (QED) is 0.918. The number of rotatable bonds is 5. The summed E-state index contributed by atoms with van der Waals surface area (Å²) in [6, 6.07) is 0.211. The van der Waals surface area contributed by atoms with Gasteiger partial charge in [0.1, 0.15) is 15.2 Å². The van der Waals surface area contributed by atoms with Gasteiger partial charge in [-0.25, -0.2) is 9.97 Å². The van der Waals surface area contributed by atoms with Crippen LogP contribution in [0.1, 0.15) is 23.0 Å². The number of nitrogens with two attached hydrogens (primary N) is 1. The van der Waals surface area contributed by atoms with Crippen LogP contribution in [0.4, 0.5) is 5.69 Å². The van der Waals surface area contributed by atoms with E-state index in [4.69, 9.17) is 5.73 Å². The van der Waals surface area contributed by atoms with Gasteiger partial charge in [0.25, 0.3) is 5.91 Å². The zero-order valence-corrected chi connectivity index (χ0v) is 13.4. The van der Waals surface area contributed by atoms with Crippen molar-refractivity contribution in [2.45, 2.75) is 19.4 Å². The maximum Gasteiger partial charge on any atom is 0.266 e. The fourth-order valence-electron chi connectivity index (χ4n) is 2.02. The number of carbonyl (C=O) groups excluding carboxylic acids is 1. The Kier molecular flexibility index (Phi) is 4.82. The third-order valence-electron chi connectivity index (χ3n) is 3.26. The average Bonchev–Trinajstić information content (AvgIpc) is 2.81. The lowest BCUT2D eigenvalue weighted by Crippen LogP contribution is -2.38. The van der Waals surface area contributed by atoms with Crippen molar-refractivity contribution in [1.29, 1.82) is 0 Å². The molecule has 108 valence electrons. The number of amides is 1. The molecule has 2 N–H and O–H groups in total. The number of fused-ring (bicyclic) bond motifs is 1. The molecule has 1 unspecified atom stereocenters. The zero-order valence-electron chi connectivity index (χ0n) is 11.8. The van der Waals surface area contributed by atoms with E-state index >= 15 is 0 Å². The Morgan fingerprint density at radius 1 is 1.50 bits per heavy atom. The van der Waals surface area contributed by atoms with E-state index in [-0.39, 0.29) is 11.9 Å². The highest BCUT2D eigenvalue weighted by Gasteiger charge is 2.24. The summed E-state index contributed by atoms with van der Waals surface area (Å²) < 4.78 is 0. The summed E-state index contributed by atoms with van der Waals surface area (Å²) in [6.07, 6.45) is 6.16. The summed E-state index contributed by atoms with van der Waals surface area (Å²) in [7, 11) is 1.83. The minimum atomic E-state index is -0.0480. The molecule has 2 rings (SSSR count). The molecule has 0 aliphatic heterocycles. The van der Waals surface area contributed by atoms with Gasteiger partial charge in [-0.05, 0) is 12.7 Å². The molecule has 0 fully saturated rings. The molecule has 0 saturated heterocycles. The van der Waals surface area contributed by atoms with Gasteiger partial charge < -0.3 is 10.6 Å². The summed E-state index contributed by atoms with van der Waals surface area (Å²) >= 11 is 3.05. The zero-order chi connectivity index (χ0) is 14.7. The second kappa shape index (κ2) is 6.41. The standard InChI is InChI=1S/C13H18N4OS2/c1-4-8(7-19-3)17(2)13(18)11-9(14)10-12(20-11)16-6-5-15-10/h5-6,8H,4,7,14H2,1-3H3. The first-order valence-electron chi connectivity index (χ1n) is 6.35. The predicted molar refractivity (Wildman–Crippen MR) is 86.4 cm³/mol. The normalized spacial score (nSPS) is 12.6. The molecule has 0 spiro atoms. The molecular weight excluding hydrogens is 292 g/mol. The third kappa shape index (κ3) is 2.73. The second-order valence-corrected chi connectivity index (χ2v) is 6.40. The van der Waals surface area contributed by atoms with Crippen LogP contribution in [0.25, 0.3) is 10.3 Å². The molecule has 2 aromatic heterocycles. The molecule has 0 aliphatic carbocycles. The highest BCUT2D eigenvalue weighted by molar-refractivity contribution is 7.98. The van der Waals surface area contributed by atoms with E-state index < -0.39 is 0 Å². The molecule has 7 heteroatoms. The molecule has 2 aromatic rings. The van der Waals surface area contributed by atoms with Crippen LogP contribution in [0.2, 0.25) is 0 Å². The molecule has 0 radical (unpaired) electrons. The van der Waals surface area contributed by atoms with Crippen LogP contribution in [0.3, 0.4) is 0 Å². The largest absolute Gasteiger partial charge is 0.396 e. The Morgan fingerprint density at radius 3 is 2.80 bits per heavy atom. The Labute approximate surface area is 126 Å². The van der Waals surface area contributed by atoms with E-state index in [2.05, 4.69) is 16.9 Å². The number of carbonyl (C=O) groups is 1. The summed E-state index contributed by atoms with van der Waals surface area (Å²) in [5.74, 6) is 0.869.